The van der Waals surface area contributed by atoms with Crippen molar-refractivity contribution in [3.63, 3.8) is 0 Å². The van der Waals surface area contributed by atoms with Crippen LogP contribution in [0.3, 0.4) is 0 Å². The summed E-state index contributed by atoms with van der Waals surface area (Å²) >= 11 is 5.53. The molecule has 0 aliphatic rings. The van der Waals surface area contributed by atoms with Crippen LogP contribution in [0.15, 0.2) is 54.6 Å². The number of Topliss-reactive ketones (excluding diaryl/α,β-unsaturated/α-hetero) is 1. The van der Waals surface area contributed by atoms with Crippen LogP contribution in [0.4, 0.5) is 0 Å². The lowest BCUT2D eigenvalue weighted by Crippen LogP contribution is -2.03. The molecule has 23 heavy (non-hydrogen) atoms. The predicted octanol–water partition coefficient (Wildman–Crippen LogP) is 3.77. The van der Waals surface area contributed by atoms with E-state index in [-0.39, 0.29) is 24.2 Å². The Labute approximate surface area is 138 Å². The van der Waals surface area contributed by atoms with Gasteiger partial charge in [-0.2, -0.15) is 0 Å². The first kappa shape index (κ1) is 18.4. The molecule has 0 bridgehead atoms. The van der Waals surface area contributed by atoms with Crippen molar-refractivity contribution in [3.8, 4) is 0 Å². The van der Waals surface area contributed by atoms with Crippen LogP contribution in [-0.2, 0) is 4.79 Å². The SMILES string of the molecule is O=C(O)CCC(=O)c1ccccc1.O=C(O)c1cccc(Cl)c1. The van der Waals surface area contributed by atoms with Crippen molar-refractivity contribution in [3.05, 3.63) is 70.7 Å². The number of ketones is 1. The van der Waals surface area contributed by atoms with Gasteiger partial charge in [0.05, 0.1) is 12.0 Å². The molecule has 0 saturated heterocycles. The number of benzene rings is 2. The molecule has 0 spiro atoms. The Morgan fingerprint density at radius 3 is 1.91 bits per heavy atom. The molecule has 0 fully saturated rings. The lowest BCUT2D eigenvalue weighted by molar-refractivity contribution is -0.136. The Bertz CT molecular complexity index is 682. The fraction of sp³-hybridized carbons (Fsp3) is 0.118. The molecule has 0 aliphatic heterocycles. The summed E-state index contributed by atoms with van der Waals surface area (Å²) in [5.74, 6) is -2.02. The van der Waals surface area contributed by atoms with E-state index >= 15 is 0 Å². The van der Waals surface area contributed by atoms with Gasteiger partial charge in [0, 0.05) is 17.0 Å². The number of carboxylic acid groups (broad SMARTS) is 2. The molecule has 5 nitrogen and oxygen atoms in total. The molecular formula is C17H15ClO5. The Morgan fingerprint density at radius 2 is 1.43 bits per heavy atom. The highest BCUT2D eigenvalue weighted by Gasteiger charge is 2.06. The van der Waals surface area contributed by atoms with Crippen molar-refractivity contribution in [1.82, 2.24) is 0 Å². The predicted molar refractivity (Wildman–Crippen MR) is 86.1 cm³/mol. The average molecular weight is 335 g/mol. The second-order valence-electron chi connectivity index (χ2n) is 4.50. The van der Waals surface area contributed by atoms with Gasteiger partial charge in [-0.1, -0.05) is 48.0 Å². The fourth-order valence-corrected chi connectivity index (χ4v) is 1.80. The number of hydrogen-bond acceptors (Lipinski definition) is 3. The van der Waals surface area contributed by atoms with Crippen LogP contribution >= 0.6 is 11.6 Å². The van der Waals surface area contributed by atoms with Gasteiger partial charge in [0.1, 0.15) is 0 Å². The summed E-state index contributed by atoms with van der Waals surface area (Å²) in [4.78, 5) is 31.8. The van der Waals surface area contributed by atoms with E-state index in [0.717, 1.165) is 0 Å². The number of rotatable bonds is 5. The molecular weight excluding hydrogens is 320 g/mol. The van der Waals surface area contributed by atoms with Gasteiger partial charge in [-0.05, 0) is 18.2 Å². The Balaban J connectivity index is 0.000000238. The minimum Gasteiger partial charge on any atom is -0.481 e. The summed E-state index contributed by atoms with van der Waals surface area (Å²) in [5, 5.41) is 17.3. The smallest absolute Gasteiger partial charge is 0.335 e. The summed E-state index contributed by atoms with van der Waals surface area (Å²) in [6.45, 7) is 0. The summed E-state index contributed by atoms with van der Waals surface area (Å²) < 4.78 is 0. The quantitative estimate of drug-likeness (QED) is 0.812. The molecule has 0 aliphatic carbocycles. The van der Waals surface area contributed by atoms with Crippen LogP contribution in [0, 0.1) is 0 Å². The van der Waals surface area contributed by atoms with Crippen molar-refractivity contribution in [2.75, 3.05) is 0 Å². The maximum Gasteiger partial charge on any atom is 0.335 e. The standard InChI is InChI=1S/C10H10O3.C7H5ClO2/c11-9(6-7-10(12)13)8-4-2-1-3-5-8;8-6-3-1-2-5(4-6)7(9)10/h1-5H,6-7H2,(H,12,13);1-4H,(H,9,10). The maximum absolute atomic E-state index is 11.3. The zero-order valence-corrected chi connectivity index (χ0v) is 12.9. The summed E-state index contributed by atoms with van der Waals surface area (Å²) in [7, 11) is 0. The zero-order chi connectivity index (χ0) is 17.2. The minimum absolute atomic E-state index is 0.0688. The van der Waals surface area contributed by atoms with E-state index in [9.17, 15) is 14.4 Å². The number of halogens is 1. The Kier molecular flexibility index (Phi) is 7.50. The number of carboxylic acids is 2. The van der Waals surface area contributed by atoms with Gasteiger partial charge in [-0.15, -0.1) is 0 Å². The van der Waals surface area contributed by atoms with Gasteiger partial charge in [0.25, 0.3) is 0 Å². The van der Waals surface area contributed by atoms with Gasteiger partial charge in [-0.3, -0.25) is 9.59 Å². The van der Waals surface area contributed by atoms with Crippen LogP contribution < -0.4 is 0 Å². The van der Waals surface area contributed by atoms with Crippen LogP contribution in [0.25, 0.3) is 0 Å². The molecule has 0 heterocycles. The van der Waals surface area contributed by atoms with E-state index < -0.39 is 11.9 Å². The van der Waals surface area contributed by atoms with Crippen molar-refractivity contribution in [1.29, 1.82) is 0 Å². The molecule has 2 N–H and O–H groups in total. The van der Waals surface area contributed by atoms with Crippen LogP contribution in [0.1, 0.15) is 33.6 Å². The highest BCUT2D eigenvalue weighted by atomic mass is 35.5. The first-order valence-electron chi connectivity index (χ1n) is 6.69. The lowest BCUT2D eigenvalue weighted by Gasteiger charge is -1.97. The second-order valence-corrected chi connectivity index (χ2v) is 4.93. The van der Waals surface area contributed by atoms with E-state index in [1.807, 2.05) is 6.07 Å². The maximum atomic E-state index is 11.3. The molecule has 6 heteroatoms. The van der Waals surface area contributed by atoms with E-state index in [1.165, 1.54) is 12.1 Å². The fourth-order valence-electron chi connectivity index (χ4n) is 1.61. The van der Waals surface area contributed by atoms with Crippen molar-refractivity contribution >= 4 is 29.3 Å². The number of hydrogen-bond donors (Lipinski definition) is 2. The molecule has 2 rings (SSSR count). The molecule has 2 aromatic carbocycles. The number of aliphatic carboxylic acids is 1. The summed E-state index contributed by atoms with van der Waals surface area (Å²) in [6.07, 6.45) is -0.0346. The second kappa shape index (κ2) is 9.38. The third-order valence-electron chi connectivity index (χ3n) is 2.73. The summed E-state index contributed by atoms with van der Waals surface area (Å²) in [5.41, 5.74) is 0.788. The third kappa shape index (κ3) is 7.24. The molecule has 0 radical (unpaired) electrons. The highest BCUT2D eigenvalue weighted by molar-refractivity contribution is 6.30. The first-order chi connectivity index (χ1) is 10.9. The topological polar surface area (TPSA) is 91.7 Å². The number of carbonyl (C=O) groups excluding carboxylic acids is 1. The van der Waals surface area contributed by atoms with Gasteiger partial charge >= 0.3 is 11.9 Å². The molecule has 0 saturated carbocycles. The minimum atomic E-state index is -0.956. The monoisotopic (exact) mass is 334 g/mol. The molecule has 0 unspecified atom stereocenters. The van der Waals surface area contributed by atoms with Crippen LogP contribution in [-0.4, -0.2) is 27.9 Å². The van der Waals surface area contributed by atoms with E-state index in [1.54, 1.807) is 36.4 Å². The van der Waals surface area contributed by atoms with E-state index in [2.05, 4.69) is 0 Å². The first-order valence-corrected chi connectivity index (χ1v) is 7.07. The number of carbonyl (C=O) groups is 3. The lowest BCUT2D eigenvalue weighted by atomic mass is 10.1. The summed E-state index contributed by atoms with van der Waals surface area (Å²) in [6, 6.07) is 14.8. The normalized spacial score (nSPS) is 9.43. The van der Waals surface area contributed by atoms with Gasteiger partial charge in [-0.25, -0.2) is 4.79 Å². The Hall–Kier alpha value is -2.66. The molecule has 120 valence electrons. The van der Waals surface area contributed by atoms with E-state index in [0.29, 0.717) is 10.6 Å². The van der Waals surface area contributed by atoms with Gasteiger partial charge in [0.2, 0.25) is 0 Å². The number of aromatic carboxylic acids is 1. The van der Waals surface area contributed by atoms with Crippen LogP contribution in [0.2, 0.25) is 5.02 Å². The molecule has 2 aromatic rings. The third-order valence-corrected chi connectivity index (χ3v) is 2.97. The van der Waals surface area contributed by atoms with Crippen molar-refractivity contribution in [2.24, 2.45) is 0 Å². The molecule has 0 aromatic heterocycles. The Morgan fingerprint density at radius 1 is 0.826 bits per heavy atom. The zero-order valence-electron chi connectivity index (χ0n) is 12.1. The average Bonchev–Trinajstić information content (AvgIpc) is 2.54. The molecule has 0 amide bonds. The molecule has 0 atom stereocenters. The van der Waals surface area contributed by atoms with Crippen molar-refractivity contribution in [2.45, 2.75) is 12.8 Å². The van der Waals surface area contributed by atoms with Gasteiger partial charge in [0.15, 0.2) is 5.78 Å². The van der Waals surface area contributed by atoms with Gasteiger partial charge < -0.3 is 10.2 Å². The van der Waals surface area contributed by atoms with E-state index in [4.69, 9.17) is 21.8 Å². The van der Waals surface area contributed by atoms with Crippen LogP contribution in [0.5, 0.6) is 0 Å². The largest absolute Gasteiger partial charge is 0.481 e. The highest BCUT2D eigenvalue weighted by Crippen LogP contribution is 2.09. The van der Waals surface area contributed by atoms with Crippen molar-refractivity contribution < 1.29 is 24.6 Å².